The molecule has 8 heteroatoms. The van der Waals surface area contributed by atoms with Crippen molar-refractivity contribution in [3.63, 3.8) is 0 Å². The number of halogens is 1. The van der Waals surface area contributed by atoms with Gasteiger partial charge < -0.3 is 20.2 Å². The number of fused-ring (bicyclic) bond motifs is 2. The molecule has 2 N–H and O–H groups in total. The van der Waals surface area contributed by atoms with E-state index < -0.39 is 18.6 Å². The standard InChI is InChI=1S/C14H14ClN3O4/c15-8-1-2-9-10(5-8)16-13(21)11-6-17(12(20)7-19)3-4-18(11)14(9)22/h1-2,5,11,19H,3-4,6-7H2,(H,16,21)/t11-/m0/s1. The summed E-state index contributed by atoms with van der Waals surface area (Å²) in [5, 5.41) is 12.0. The molecule has 2 aliphatic heterocycles. The highest BCUT2D eigenvalue weighted by molar-refractivity contribution is 6.31. The van der Waals surface area contributed by atoms with E-state index in [2.05, 4.69) is 5.32 Å². The number of hydrogen-bond acceptors (Lipinski definition) is 4. The second-order valence-electron chi connectivity index (χ2n) is 5.19. The van der Waals surface area contributed by atoms with Crippen molar-refractivity contribution in [2.45, 2.75) is 6.04 Å². The van der Waals surface area contributed by atoms with Crippen LogP contribution in [-0.2, 0) is 9.59 Å². The number of piperazine rings is 1. The number of aliphatic hydroxyl groups excluding tert-OH is 1. The van der Waals surface area contributed by atoms with Crippen molar-refractivity contribution < 1.29 is 19.5 Å². The van der Waals surface area contributed by atoms with E-state index in [9.17, 15) is 14.4 Å². The zero-order chi connectivity index (χ0) is 15.9. The predicted molar refractivity (Wildman–Crippen MR) is 78.6 cm³/mol. The Morgan fingerprint density at radius 2 is 2.14 bits per heavy atom. The maximum atomic E-state index is 12.6. The average Bonchev–Trinajstić information content (AvgIpc) is 2.62. The second-order valence-corrected chi connectivity index (χ2v) is 5.63. The van der Waals surface area contributed by atoms with Crippen molar-refractivity contribution in [3.05, 3.63) is 28.8 Å². The minimum absolute atomic E-state index is 0.0681. The molecule has 116 valence electrons. The normalized spacial score (nSPS) is 20.9. The van der Waals surface area contributed by atoms with Crippen molar-refractivity contribution in [2.75, 3.05) is 31.6 Å². The lowest BCUT2D eigenvalue weighted by molar-refractivity contribution is -0.138. The van der Waals surface area contributed by atoms with Gasteiger partial charge in [-0.3, -0.25) is 14.4 Å². The Kier molecular flexibility index (Phi) is 3.76. The summed E-state index contributed by atoms with van der Waals surface area (Å²) in [7, 11) is 0. The van der Waals surface area contributed by atoms with Crippen molar-refractivity contribution >= 4 is 35.0 Å². The Morgan fingerprint density at radius 1 is 1.36 bits per heavy atom. The Labute approximate surface area is 131 Å². The molecule has 2 heterocycles. The van der Waals surface area contributed by atoms with Crippen LogP contribution >= 0.6 is 11.6 Å². The summed E-state index contributed by atoms with van der Waals surface area (Å²) in [6, 6.07) is 3.93. The van der Waals surface area contributed by atoms with E-state index in [-0.39, 0.29) is 31.4 Å². The molecule has 3 amide bonds. The highest BCUT2D eigenvalue weighted by atomic mass is 35.5. The van der Waals surface area contributed by atoms with Crippen LogP contribution in [0.4, 0.5) is 5.69 Å². The highest BCUT2D eigenvalue weighted by Crippen LogP contribution is 2.27. The molecule has 0 bridgehead atoms. The van der Waals surface area contributed by atoms with Gasteiger partial charge in [0.2, 0.25) is 11.8 Å². The van der Waals surface area contributed by atoms with E-state index in [0.29, 0.717) is 16.3 Å². The van der Waals surface area contributed by atoms with Crippen molar-refractivity contribution in [1.29, 1.82) is 0 Å². The number of anilines is 1. The molecule has 7 nitrogen and oxygen atoms in total. The first-order chi connectivity index (χ1) is 10.5. The lowest BCUT2D eigenvalue weighted by Crippen LogP contribution is -2.59. The molecule has 0 radical (unpaired) electrons. The number of benzene rings is 1. The highest BCUT2D eigenvalue weighted by Gasteiger charge is 2.40. The molecule has 0 aromatic heterocycles. The number of nitrogens with zero attached hydrogens (tertiary/aromatic N) is 2. The smallest absolute Gasteiger partial charge is 0.256 e. The molecule has 0 saturated carbocycles. The fourth-order valence-electron chi connectivity index (χ4n) is 2.75. The van der Waals surface area contributed by atoms with Gasteiger partial charge in [-0.1, -0.05) is 11.6 Å². The van der Waals surface area contributed by atoms with Gasteiger partial charge >= 0.3 is 0 Å². The van der Waals surface area contributed by atoms with Crippen LogP contribution in [0.1, 0.15) is 10.4 Å². The third-order valence-electron chi connectivity index (χ3n) is 3.90. The van der Waals surface area contributed by atoms with Crippen LogP contribution in [0.3, 0.4) is 0 Å². The predicted octanol–water partition coefficient (Wildman–Crippen LogP) is -0.0626. The van der Waals surface area contributed by atoms with Crippen LogP contribution in [0, 0.1) is 0 Å². The quantitative estimate of drug-likeness (QED) is 0.757. The molecule has 1 aromatic carbocycles. The monoisotopic (exact) mass is 323 g/mol. The lowest BCUT2D eigenvalue weighted by atomic mass is 10.1. The molecule has 1 atom stereocenters. The Hall–Kier alpha value is -2.12. The fourth-order valence-corrected chi connectivity index (χ4v) is 2.93. The number of aliphatic hydroxyl groups is 1. The van der Waals surface area contributed by atoms with Gasteiger partial charge in [0.25, 0.3) is 5.91 Å². The molecule has 1 aromatic rings. The first kappa shape index (κ1) is 14.8. The van der Waals surface area contributed by atoms with E-state index in [1.807, 2.05) is 0 Å². The fraction of sp³-hybridized carbons (Fsp3) is 0.357. The van der Waals surface area contributed by atoms with E-state index >= 15 is 0 Å². The summed E-state index contributed by atoms with van der Waals surface area (Å²) in [6.45, 7) is -0.0145. The van der Waals surface area contributed by atoms with Gasteiger partial charge in [-0.25, -0.2) is 0 Å². The van der Waals surface area contributed by atoms with E-state index in [4.69, 9.17) is 16.7 Å². The van der Waals surface area contributed by atoms with Gasteiger partial charge in [-0.05, 0) is 18.2 Å². The maximum Gasteiger partial charge on any atom is 0.256 e. The second kappa shape index (κ2) is 5.58. The molecule has 1 saturated heterocycles. The Balaban J connectivity index is 1.94. The number of rotatable bonds is 1. The molecular formula is C14H14ClN3O4. The average molecular weight is 324 g/mol. The first-order valence-electron chi connectivity index (χ1n) is 6.81. The minimum Gasteiger partial charge on any atom is -0.387 e. The zero-order valence-electron chi connectivity index (χ0n) is 11.6. The molecule has 0 aliphatic carbocycles. The van der Waals surface area contributed by atoms with Gasteiger partial charge in [0.15, 0.2) is 0 Å². The number of carbonyl (C=O) groups is 3. The number of carbonyl (C=O) groups excluding carboxylic acids is 3. The lowest BCUT2D eigenvalue weighted by Gasteiger charge is -2.39. The molecule has 22 heavy (non-hydrogen) atoms. The number of hydrogen-bond donors (Lipinski definition) is 2. The molecule has 3 rings (SSSR count). The van der Waals surface area contributed by atoms with Gasteiger partial charge in [-0.2, -0.15) is 0 Å². The minimum atomic E-state index is -0.775. The summed E-state index contributed by atoms with van der Waals surface area (Å²) < 4.78 is 0. The molecule has 0 unspecified atom stereocenters. The summed E-state index contributed by atoms with van der Waals surface area (Å²) in [6.07, 6.45) is 0. The third-order valence-corrected chi connectivity index (χ3v) is 4.14. The zero-order valence-corrected chi connectivity index (χ0v) is 12.3. The van der Waals surface area contributed by atoms with Crippen LogP contribution in [0.15, 0.2) is 18.2 Å². The van der Waals surface area contributed by atoms with E-state index in [1.165, 1.54) is 15.9 Å². The van der Waals surface area contributed by atoms with Crippen LogP contribution in [0.2, 0.25) is 5.02 Å². The molecule has 0 spiro atoms. The first-order valence-corrected chi connectivity index (χ1v) is 7.19. The molecule has 1 fully saturated rings. The topological polar surface area (TPSA) is 90.0 Å². The third kappa shape index (κ3) is 2.42. The van der Waals surface area contributed by atoms with Crippen molar-refractivity contribution in [2.24, 2.45) is 0 Å². The SMILES string of the molecule is O=C1Nc2cc(Cl)ccc2C(=O)N2CCN(C(=O)CO)C[C@@H]12. The van der Waals surface area contributed by atoms with Gasteiger partial charge in [0, 0.05) is 18.1 Å². The summed E-state index contributed by atoms with van der Waals surface area (Å²) in [5.41, 5.74) is 0.749. The van der Waals surface area contributed by atoms with E-state index in [0.717, 1.165) is 0 Å². The summed E-state index contributed by atoms with van der Waals surface area (Å²) in [4.78, 5) is 39.4. The Morgan fingerprint density at radius 3 is 2.86 bits per heavy atom. The number of nitrogens with one attached hydrogen (secondary N) is 1. The van der Waals surface area contributed by atoms with Crippen molar-refractivity contribution in [1.82, 2.24) is 9.80 Å². The summed E-state index contributed by atoms with van der Waals surface area (Å²) >= 11 is 5.90. The molecule has 2 aliphatic rings. The van der Waals surface area contributed by atoms with Gasteiger partial charge in [0.05, 0.1) is 17.8 Å². The van der Waals surface area contributed by atoms with Crippen LogP contribution in [-0.4, -0.2) is 64.9 Å². The van der Waals surface area contributed by atoms with Gasteiger partial charge in [-0.15, -0.1) is 0 Å². The number of amides is 3. The Bertz CT molecular complexity index is 663. The maximum absolute atomic E-state index is 12.6. The largest absolute Gasteiger partial charge is 0.387 e. The molecular weight excluding hydrogens is 310 g/mol. The summed E-state index contributed by atoms with van der Waals surface area (Å²) in [5.74, 6) is -1.10. The van der Waals surface area contributed by atoms with Crippen LogP contribution in [0.25, 0.3) is 0 Å². The van der Waals surface area contributed by atoms with Gasteiger partial charge in [0.1, 0.15) is 12.6 Å². The van der Waals surface area contributed by atoms with Crippen molar-refractivity contribution in [3.8, 4) is 0 Å². The van der Waals surface area contributed by atoms with E-state index in [1.54, 1.807) is 12.1 Å². The van der Waals surface area contributed by atoms with Crippen LogP contribution < -0.4 is 5.32 Å². The van der Waals surface area contributed by atoms with Crippen LogP contribution in [0.5, 0.6) is 0 Å².